The van der Waals surface area contributed by atoms with Crippen LogP contribution in [-0.2, 0) is 4.79 Å². The van der Waals surface area contributed by atoms with Gasteiger partial charge >= 0.3 is 6.18 Å². The minimum atomic E-state index is -4.58. The summed E-state index contributed by atoms with van der Waals surface area (Å²) in [5.74, 6) is 1.35. The van der Waals surface area contributed by atoms with E-state index < -0.39 is 24.5 Å². The molecule has 4 aliphatic heterocycles. The number of nitrogens with zero attached hydrogens (tertiary/aromatic N) is 7. The third-order valence-electron chi connectivity index (χ3n) is 12.3. The van der Waals surface area contributed by atoms with Gasteiger partial charge in [-0.1, -0.05) is 6.07 Å². The van der Waals surface area contributed by atoms with Crippen LogP contribution in [-0.4, -0.2) is 113 Å². The Morgan fingerprint density at radius 2 is 1.75 bits per heavy atom. The number of piperidine rings is 1. The molecular weight excluding hydrogens is 664 g/mol. The number of H-pyrrole nitrogens is 1. The van der Waals surface area contributed by atoms with E-state index in [9.17, 15) is 18.0 Å². The average molecular weight is 707 g/mol. The predicted molar refractivity (Wildman–Crippen MR) is 186 cm³/mol. The third-order valence-corrected chi connectivity index (χ3v) is 12.3. The summed E-state index contributed by atoms with van der Waals surface area (Å²) in [6.07, 6.45) is 0.177. The molecule has 1 aliphatic carbocycles. The molecule has 2 aromatic heterocycles. The molecule has 1 saturated carbocycles. The number of likely N-dealkylation sites (N-methyl/N-ethyl adjacent to an activating group) is 1. The number of fused-ring (bicyclic) bond motifs is 2. The van der Waals surface area contributed by atoms with Gasteiger partial charge in [0.05, 0.1) is 17.3 Å². The largest absolute Gasteiger partial charge is 0.481 e. The highest BCUT2D eigenvalue weighted by atomic mass is 19.4. The number of halogens is 4. The van der Waals surface area contributed by atoms with Gasteiger partial charge in [-0.3, -0.25) is 14.8 Å². The number of alkyl halides is 4. The Labute approximate surface area is 293 Å². The summed E-state index contributed by atoms with van der Waals surface area (Å²) < 4.78 is 63.4. The van der Waals surface area contributed by atoms with Crippen molar-refractivity contribution in [3.05, 3.63) is 35.5 Å². The number of carbonyl (C=O) groups is 1. The van der Waals surface area contributed by atoms with Crippen LogP contribution in [0.25, 0.3) is 32.9 Å². The van der Waals surface area contributed by atoms with Crippen LogP contribution in [0.1, 0.15) is 56.1 Å². The van der Waals surface area contributed by atoms with Crippen LogP contribution in [0, 0.1) is 12.3 Å². The molecule has 1 N–H and O–H groups in total. The Balaban J connectivity index is 1.23. The van der Waals surface area contributed by atoms with E-state index in [4.69, 9.17) is 14.7 Å². The smallest absolute Gasteiger partial charge is 0.422 e. The number of aryl methyl sites for hydroxylation is 1. The summed E-state index contributed by atoms with van der Waals surface area (Å²) in [4.78, 5) is 30.3. The van der Waals surface area contributed by atoms with E-state index in [0.717, 1.165) is 66.4 Å². The number of ether oxygens (including phenoxy) is 1. The number of aromatic amines is 1. The Morgan fingerprint density at radius 3 is 2.39 bits per heavy atom. The molecule has 4 saturated heterocycles. The van der Waals surface area contributed by atoms with Gasteiger partial charge in [0.2, 0.25) is 11.9 Å². The molecular formula is C37H42F4N8O2. The van der Waals surface area contributed by atoms with Crippen molar-refractivity contribution in [2.75, 3.05) is 69.3 Å². The highest BCUT2D eigenvalue weighted by molar-refractivity contribution is 6.06. The summed E-state index contributed by atoms with van der Waals surface area (Å²) >= 11 is 0. The molecule has 6 heterocycles. The van der Waals surface area contributed by atoms with Crippen molar-refractivity contribution in [1.29, 1.82) is 0 Å². The SMILES string of the molecule is CC(=O)N1CC2(CCN(c3nc(N4CC5(C4)[C@H](F)CCN5C)nc4c(OCC(F)(F)F)c(-c5c(C)ccc6[nH]ncc56)c(C5CC5)cc34)CC2)C1. The second-order valence-electron chi connectivity index (χ2n) is 15.7. The number of hydrogen-bond acceptors (Lipinski definition) is 8. The number of amides is 1. The molecule has 2 spiro atoms. The first-order chi connectivity index (χ1) is 24.3. The van der Waals surface area contributed by atoms with Crippen molar-refractivity contribution in [3.8, 4) is 16.9 Å². The van der Waals surface area contributed by atoms with Gasteiger partial charge in [0.1, 0.15) is 17.5 Å². The van der Waals surface area contributed by atoms with E-state index in [2.05, 4.69) is 26.1 Å². The van der Waals surface area contributed by atoms with Crippen molar-refractivity contribution in [2.24, 2.45) is 5.41 Å². The molecule has 14 heteroatoms. The van der Waals surface area contributed by atoms with Crippen molar-refractivity contribution >= 4 is 39.5 Å². The molecule has 51 heavy (non-hydrogen) atoms. The molecule has 1 atom stereocenters. The molecule has 9 rings (SSSR count). The number of rotatable bonds is 6. The summed E-state index contributed by atoms with van der Waals surface area (Å²) in [7, 11) is 1.94. The minimum Gasteiger partial charge on any atom is -0.481 e. The number of benzene rings is 2. The number of hydrogen-bond donors (Lipinski definition) is 1. The van der Waals surface area contributed by atoms with Gasteiger partial charge in [-0.15, -0.1) is 0 Å². The lowest BCUT2D eigenvalue weighted by atomic mass is 9.72. The quantitative estimate of drug-likeness (QED) is 0.245. The molecule has 4 aromatic rings. The van der Waals surface area contributed by atoms with Gasteiger partial charge in [-0.2, -0.15) is 23.3 Å². The zero-order valence-corrected chi connectivity index (χ0v) is 29.1. The highest BCUT2D eigenvalue weighted by Gasteiger charge is 2.56. The Hall–Kier alpha value is -4.20. The summed E-state index contributed by atoms with van der Waals surface area (Å²) in [5, 5.41) is 8.74. The summed E-state index contributed by atoms with van der Waals surface area (Å²) in [5.41, 5.74) is 3.74. The van der Waals surface area contributed by atoms with Crippen LogP contribution in [0.3, 0.4) is 0 Å². The number of nitrogens with one attached hydrogen (secondary N) is 1. The zero-order chi connectivity index (χ0) is 35.4. The first-order valence-corrected chi connectivity index (χ1v) is 18.0. The van der Waals surface area contributed by atoms with Crippen LogP contribution in [0.5, 0.6) is 5.75 Å². The molecule has 2 aromatic carbocycles. The van der Waals surface area contributed by atoms with E-state index in [1.54, 1.807) is 13.1 Å². The summed E-state index contributed by atoms with van der Waals surface area (Å²) in [6.45, 7) is 6.37. The molecule has 0 radical (unpaired) electrons. The van der Waals surface area contributed by atoms with E-state index >= 15 is 4.39 Å². The number of likely N-dealkylation sites (tertiary alicyclic amines) is 2. The third kappa shape index (κ3) is 5.30. The fourth-order valence-electron chi connectivity index (χ4n) is 9.07. The molecule has 5 aliphatic rings. The van der Waals surface area contributed by atoms with Crippen molar-refractivity contribution in [3.63, 3.8) is 0 Å². The lowest BCUT2D eigenvalue weighted by Gasteiger charge is -2.54. The first kappa shape index (κ1) is 32.7. The fraction of sp³-hybridized carbons (Fsp3) is 0.568. The number of aromatic nitrogens is 4. The molecule has 0 unspecified atom stereocenters. The average Bonchev–Trinajstić information content (AvgIpc) is 3.72. The van der Waals surface area contributed by atoms with Crippen LogP contribution < -0.4 is 14.5 Å². The van der Waals surface area contributed by atoms with Crippen LogP contribution in [0.15, 0.2) is 24.4 Å². The van der Waals surface area contributed by atoms with Crippen molar-refractivity contribution in [1.82, 2.24) is 30.0 Å². The molecule has 270 valence electrons. The second-order valence-corrected chi connectivity index (χ2v) is 15.7. The Morgan fingerprint density at radius 1 is 1.00 bits per heavy atom. The maximum atomic E-state index is 15.3. The fourth-order valence-corrected chi connectivity index (χ4v) is 9.07. The summed E-state index contributed by atoms with van der Waals surface area (Å²) in [6, 6.07) is 5.96. The highest BCUT2D eigenvalue weighted by Crippen LogP contribution is 2.54. The Bertz CT molecular complexity index is 2030. The van der Waals surface area contributed by atoms with Crippen LogP contribution in [0.2, 0.25) is 0 Å². The Kier molecular flexibility index (Phi) is 7.31. The van der Waals surface area contributed by atoms with Gasteiger partial charge in [0, 0.05) is 74.5 Å². The van der Waals surface area contributed by atoms with Crippen LogP contribution >= 0.6 is 0 Å². The van der Waals surface area contributed by atoms with E-state index in [1.807, 2.05) is 35.9 Å². The topological polar surface area (TPSA) is 93.7 Å². The van der Waals surface area contributed by atoms with E-state index in [0.29, 0.717) is 67.4 Å². The van der Waals surface area contributed by atoms with Gasteiger partial charge in [0.25, 0.3) is 0 Å². The second kappa shape index (κ2) is 11.4. The molecule has 5 fully saturated rings. The standard InChI is InChI=1S/C37H42F4N8O2/c1-21-4-7-27-26(15-42-45-27)29(21)30-24(23-5-6-23)14-25-31(32(30)51-20-37(39,40)41)43-34(49-18-36(19-49)28(38)8-11-46(36)3)44-33(25)47-12-9-35(10-13-47)16-48(17-35)22(2)50/h4,7,14-15,23,28H,5-6,8-13,16-20H2,1-3H3,(H,42,45)/t28-/m1/s1. The van der Waals surface area contributed by atoms with Gasteiger partial charge in [-0.25, -0.2) is 9.37 Å². The van der Waals surface area contributed by atoms with Crippen LogP contribution in [0.4, 0.5) is 29.3 Å². The first-order valence-electron chi connectivity index (χ1n) is 18.0. The van der Waals surface area contributed by atoms with Crippen molar-refractivity contribution in [2.45, 2.75) is 69.8 Å². The minimum absolute atomic E-state index is 0.0645. The zero-order valence-electron chi connectivity index (χ0n) is 29.1. The monoisotopic (exact) mass is 706 g/mol. The molecule has 1 amide bonds. The van der Waals surface area contributed by atoms with Gasteiger partial charge in [0.15, 0.2) is 12.4 Å². The maximum absolute atomic E-state index is 15.3. The normalized spacial score (nSPS) is 23.0. The molecule has 10 nitrogen and oxygen atoms in total. The van der Waals surface area contributed by atoms with Gasteiger partial charge < -0.3 is 19.4 Å². The lowest BCUT2D eigenvalue weighted by Crippen LogP contribution is -2.71. The lowest BCUT2D eigenvalue weighted by molar-refractivity contribution is -0.153. The van der Waals surface area contributed by atoms with E-state index in [-0.39, 0.29) is 23.0 Å². The molecule has 0 bridgehead atoms. The maximum Gasteiger partial charge on any atom is 0.422 e. The van der Waals surface area contributed by atoms with Crippen molar-refractivity contribution < 1.29 is 27.1 Å². The van der Waals surface area contributed by atoms with Gasteiger partial charge in [-0.05, 0) is 80.8 Å². The number of carbonyl (C=O) groups excluding carboxylic acids is 1. The van der Waals surface area contributed by atoms with E-state index in [1.165, 1.54) is 0 Å². The number of anilines is 2. The predicted octanol–water partition coefficient (Wildman–Crippen LogP) is 5.98.